The van der Waals surface area contributed by atoms with E-state index in [2.05, 4.69) is 4.90 Å². The van der Waals surface area contributed by atoms with Gasteiger partial charge in [-0.15, -0.1) is 0 Å². The summed E-state index contributed by atoms with van der Waals surface area (Å²) in [7, 11) is 0. The molecule has 2 aromatic heterocycles. The third kappa shape index (κ3) is 2.27. The van der Waals surface area contributed by atoms with Gasteiger partial charge in [0.25, 0.3) is 0 Å². The molecule has 1 aliphatic rings. The molecule has 0 unspecified atom stereocenters. The predicted molar refractivity (Wildman–Crippen MR) is 82.7 cm³/mol. The Labute approximate surface area is 127 Å². The summed E-state index contributed by atoms with van der Waals surface area (Å²) in [4.78, 5) is 14.4. The highest BCUT2D eigenvalue weighted by Crippen LogP contribution is 2.31. The molecule has 5 nitrogen and oxygen atoms in total. The van der Waals surface area contributed by atoms with Gasteiger partial charge in [0.05, 0.1) is 17.8 Å². The monoisotopic (exact) mass is 298 g/mol. The molecule has 0 amide bonds. The number of oxazole rings is 1. The topological polar surface area (TPSA) is 51.5 Å². The summed E-state index contributed by atoms with van der Waals surface area (Å²) in [6.45, 7) is 2.48. The second-order valence-corrected chi connectivity index (χ2v) is 5.70. The van der Waals surface area contributed by atoms with Crippen molar-refractivity contribution in [3.05, 3.63) is 59.0 Å². The van der Waals surface area contributed by atoms with Crippen LogP contribution in [0.5, 0.6) is 0 Å². The smallest absolute Gasteiger partial charge is 0.419 e. The molecule has 114 valence electrons. The number of hydrogen-bond acceptors (Lipinski definition) is 4. The predicted octanol–water partition coefficient (Wildman–Crippen LogP) is 3.02. The lowest BCUT2D eigenvalue weighted by Gasteiger charge is -2.22. The maximum absolute atomic E-state index is 12.0. The van der Waals surface area contributed by atoms with Crippen LogP contribution in [0.2, 0.25) is 0 Å². The Balaban J connectivity index is 1.54. The summed E-state index contributed by atoms with van der Waals surface area (Å²) in [5, 5.41) is 0. The third-order valence-electron chi connectivity index (χ3n) is 4.42. The number of nitrogens with zero attached hydrogens (tertiary/aromatic N) is 2. The van der Waals surface area contributed by atoms with E-state index < -0.39 is 0 Å². The summed E-state index contributed by atoms with van der Waals surface area (Å²) in [6.07, 6.45) is 3.99. The molecule has 3 aromatic rings. The quantitative estimate of drug-likeness (QED) is 0.743. The van der Waals surface area contributed by atoms with E-state index >= 15 is 0 Å². The zero-order valence-electron chi connectivity index (χ0n) is 12.3. The van der Waals surface area contributed by atoms with Crippen molar-refractivity contribution >= 4 is 11.1 Å². The van der Waals surface area contributed by atoms with Crippen molar-refractivity contribution < 1.29 is 8.83 Å². The van der Waals surface area contributed by atoms with Crippen LogP contribution in [0.4, 0.5) is 0 Å². The number of para-hydroxylation sites is 2. The second-order valence-electron chi connectivity index (χ2n) is 5.70. The van der Waals surface area contributed by atoms with E-state index in [1.54, 1.807) is 10.8 Å². The molecular formula is C17H18N2O3. The minimum atomic E-state index is -0.282. The summed E-state index contributed by atoms with van der Waals surface area (Å²) in [6, 6.07) is 11.8. The lowest BCUT2D eigenvalue weighted by Crippen LogP contribution is -2.29. The molecule has 0 N–H and O–H groups in total. The van der Waals surface area contributed by atoms with Crippen LogP contribution in [0.3, 0.4) is 0 Å². The summed E-state index contributed by atoms with van der Waals surface area (Å²) < 4.78 is 12.5. The van der Waals surface area contributed by atoms with Crippen molar-refractivity contribution in [3.63, 3.8) is 0 Å². The highest BCUT2D eigenvalue weighted by atomic mass is 16.4. The molecule has 4 rings (SSSR count). The molecule has 1 aromatic carbocycles. The molecule has 3 heterocycles. The molecule has 1 fully saturated rings. The van der Waals surface area contributed by atoms with Crippen LogP contribution in [0.1, 0.15) is 24.6 Å². The van der Waals surface area contributed by atoms with Gasteiger partial charge in [0, 0.05) is 13.1 Å². The Hall–Kier alpha value is -2.27. The van der Waals surface area contributed by atoms with Gasteiger partial charge in [0.2, 0.25) is 0 Å². The number of likely N-dealkylation sites (tertiary alicyclic amines) is 1. The molecule has 0 bridgehead atoms. The zero-order chi connectivity index (χ0) is 14.9. The zero-order valence-corrected chi connectivity index (χ0v) is 12.3. The van der Waals surface area contributed by atoms with E-state index in [9.17, 15) is 4.79 Å². The largest absolute Gasteiger partial charge is 0.468 e. The van der Waals surface area contributed by atoms with Crippen LogP contribution in [-0.4, -0.2) is 22.6 Å². The normalized spacial score (nSPS) is 19.2. The van der Waals surface area contributed by atoms with E-state index in [1.807, 2.05) is 36.4 Å². The van der Waals surface area contributed by atoms with Gasteiger partial charge in [-0.05, 0) is 43.7 Å². The average molecular weight is 298 g/mol. The van der Waals surface area contributed by atoms with Crippen molar-refractivity contribution in [3.8, 4) is 0 Å². The van der Waals surface area contributed by atoms with Crippen LogP contribution < -0.4 is 5.76 Å². The summed E-state index contributed by atoms with van der Waals surface area (Å²) in [5.74, 6) is 0.733. The van der Waals surface area contributed by atoms with Crippen LogP contribution in [-0.2, 0) is 6.54 Å². The van der Waals surface area contributed by atoms with Crippen molar-refractivity contribution in [2.75, 3.05) is 13.1 Å². The van der Waals surface area contributed by atoms with Gasteiger partial charge in [-0.25, -0.2) is 4.79 Å². The standard InChI is InChI=1S/C17H18N2O3/c20-17-19(14-5-1-2-7-16(14)22-17)11-10-18-9-3-6-13(18)15-8-4-12-21-15/h1-2,4-5,7-8,12-13H,3,6,9-11H2/t13-/m1/s1. The highest BCUT2D eigenvalue weighted by Gasteiger charge is 2.27. The van der Waals surface area contributed by atoms with Crippen LogP contribution in [0.15, 0.2) is 56.3 Å². The molecule has 1 aliphatic heterocycles. The number of benzene rings is 1. The lowest BCUT2D eigenvalue weighted by molar-refractivity contribution is 0.219. The highest BCUT2D eigenvalue weighted by molar-refractivity contribution is 5.72. The fourth-order valence-corrected chi connectivity index (χ4v) is 3.35. The first kappa shape index (κ1) is 13.4. The van der Waals surface area contributed by atoms with E-state index in [-0.39, 0.29) is 5.76 Å². The van der Waals surface area contributed by atoms with E-state index in [0.717, 1.165) is 37.2 Å². The van der Waals surface area contributed by atoms with Gasteiger partial charge in [-0.3, -0.25) is 9.47 Å². The number of hydrogen-bond donors (Lipinski definition) is 0. The second kappa shape index (κ2) is 5.50. The van der Waals surface area contributed by atoms with Gasteiger partial charge in [-0.1, -0.05) is 12.1 Å². The molecular weight excluding hydrogens is 280 g/mol. The Morgan fingerprint density at radius 3 is 2.91 bits per heavy atom. The summed E-state index contributed by atoms with van der Waals surface area (Å²) >= 11 is 0. The van der Waals surface area contributed by atoms with Gasteiger partial charge < -0.3 is 8.83 Å². The first-order valence-corrected chi connectivity index (χ1v) is 7.69. The fourth-order valence-electron chi connectivity index (χ4n) is 3.35. The first-order valence-electron chi connectivity index (χ1n) is 7.69. The summed E-state index contributed by atoms with van der Waals surface area (Å²) in [5.41, 5.74) is 1.51. The minimum absolute atomic E-state index is 0.282. The Bertz CT molecular complexity index is 816. The van der Waals surface area contributed by atoms with Crippen molar-refractivity contribution in [2.45, 2.75) is 25.4 Å². The first-order chi connectivity index (χ1) is 10.8. The maximum Gasteiger partial charge on any atom is 0.419 e. The number of fused-ring (bicyclic) bond motifs is 1. The SMILES string of the molecule is O=c1oc2ccccc2n1CCN1CCC[C@@H]1c1ccco1. The van der Waals surface area contributed by atoms with Crippen molar-refractivity contribution in [1.82, 2.24) is 9.47 Å². The van der Waals surface area contributed by atoms with Gasteiger partial charge in [-0.2, -0.15) is 0 Å². The Kier molecular flexibility index (Phi) is 3.35. The minimum Gasteiger partial charge on any atom is -0.468 e. The maximum atomic E-state index is 12.0. The molecule has 5 heteroatoms. The van der Waals surface area contributed by atoms with Gasteiger partial charge >= 0.3 is 5.76 Å². The molecule has 1 atom stereocenters. The Morgan fingerprint density at radius 2 is 2.05 bits per heavy atom. The lowest BCUT2D eigenvalue weighted by atomic mass is 10.1. The fraction of sp³-hybridized carbons (Fsp3) is 0.353. The van der Waals surface area contributed by atoms with E-state index in [1.165, 1.54) is 0 Å². The molecule has 22 heavy (non-hydrogen) atoms. The number of rotatable bonds is 4. The molecule has 0 spiro atoms. The number of aromatic nitrogens is 1. The van der Waals surface area contributed by atoms with E-state index in [4.69, 9.17) is 8.83 Å². The van der Waals surface area contributed by atoms with Gasteiger partial charge in [0.1, 0.15) is 5.76 Å². The third-order valence-corrected chi connectivity index (χ3v) is 4.42. The van der Waals surface area contributed by atoms with Crippen molar-refractivity contribution in [1.29, 1.82) is 0 Å². The molecule has 0 radical (unpaired) electrons. The molecule has 1 saturated heterocycles. The molecule has 0 aliphatic carbocycles. The van der Waals surface area contributed by atoms with Gasteiger partial charge in [0.15, 0.2) is 5.58 Å². The van der Waals surface area contributed by atoms with Crippen LogP contribution >= 0.6 is 0 Å². The van der Waals surface area contributed by atoms with E-state index in [0.29, 0.717) is 18.2 Å². The van der Waals surface area contributed by atoms with Crippen molar-refractivity contribution in [2.24, 2.45) is 0 Å². The van der Waals surface area contributed by atoms with Crippen LogP contribution in [0.25, 0.3) is 11.1 Å². The Morgan fingerprint density at radius 1 is 1.14 bits per heavy atom. The molecule has 0 saturated carbocycles. The van der Waals surface area contributed by atoms with Crippen LogP contribution in [0, 0.1) is 0 Å². The number of furan rings is 1. The average Bonchev–Trinajstić information content (AvgIpc) is 3.24.